The Morgan fingerprint density at radius 3 is 1.33 bits per heavy atom. The molecule has 0 aliphatic heterocycles. The highest BCUT2D eigenvalue weighted by atomic mass is 15.0. The molecule has 0 bridgehead atoms. The quantitative estimate of drug-likeness (QED) is 0.208. The number of hydrogen-bond donors (Lipinski definition) is 0. The van der Waals surface area contributed by atoms with Crippen molar-refractivity contribution in [3.63, 3.8) is 0 Å². The second-order valence-electron chi connectivity index (χ2n) is 10.4. The molecule has 0 spiro atoms. The Morgan fingerprint density at radius 1 is 0.500 bits per heavy atom. The van der Waals surface area contributed by atoms with Gasteiger partial charge in [0, 0.05) is 32.9 Å². The highest BCUT2D eigenvalue weighted by molar-refractivity contribution is 6.10. The zero-order valence-electron chi connectivity index (χ0n) is 22.5. The molecule has 42 heavy (non-hydrogen) atoms. The van der Waals surface area contributed by atoms with Crippen molar-refractivity contribution in [2.24, 2.45) is 0 Å². The summed E-state index contributed by atoms with van der Waals surface area (Å²) in [6.45, 7) is 8.07. The zero-order valence-corrected chi connectivity index (χ0v) is 22.5. The van der Waals surface area contributed by atoms with Crippen LogP contribution in [0.3, 0.4) is 0 Å². The first-order valence-corrected chi connectivity index (χ1v) is 13.8. The summed E-state index contributed by atoms with van der Waals surface area (Å²) in [5, 5.41) is 15.0. The number of nitriles is 1. The summed E-state index contributed by atoms with van der Waals surface area (Å²) in [5.74, 6) is 0. The molecule has 8 rings (SSSR count). The average molecular weight is 535 g/mol. The van der Waals surface area contributed by atoms with E-state index in [4.69, 9.17) is 6.57 Å². The van der Waals surface area contributed by atoms with Crippen LogP contribution in [0, 0.1) is 17.9 Å². The molecule has 8 aromatic rings. The van der Waals surface area contributed by atoms with Crippen molar-refractivity contribution in [2.75, 3.05) is 0 Å². The molecular formula is C38H22N4. The summed E-state index contributed by atoms with van der Waals surface area (Å²) in [4.78, 5) is 3.93. The van der Waals surface area contributed by atoms with Gasteiger partial charge in [-0.15, -0.1) is 0 Å². The molecule has 4 heteroatoms. The van der Waals surface area contributed by atoms with Gasteiger partial charge in [-0.2, -0.15) is 5.26 Å². The number of fused-ring (bicyclic) bond motifs is 6. The van der Waals surface area contributed by atoms with Gasteiger partial charge in [-0.25, -0.2) is 4.85 Å². The summed E-state index contributed by atoms with van der Waals surface area (Å²) in [6.07, 6.45) is 0. The number of hydrogen-bond acceptors (Lipinski definition) is 1. The molecule has 2 heterocycles. The van der Waals surface area contributed by atoms with Crippen LogP contribution in [0.15, 0.2) is 133 Å². The maximum absolute atomic E-state index is 10.3. The van der Waals surface area contributed by atoms with Crippen LogP contribution in [0.4, 0.5) is 5.69 Å². The van der Waals surface area contributed by atoms with Crippen molar-refractivity contribution in [3.05, 3.63) is 150 Å². The lowest BCUT2D eigenvalue weighted by molar-refractivity contribution is 1.17. The highest BCUT2D eigenvalue weighted by Gasteiger charge is 2.17. The van der Waals surface area contributed by atoms with E-state index in [1.165, 1.54) is 21.5 Å². The summed E-state index contributed by atoms with van der Waals surface area (Å²) >= 11 is 0. The van der Waals surface area contributed by atoms with E-state index in [2.05, 4.69) is 92.8 Å². The van der Waals surface area contributed by atoms with Crippen LogP contribution in [0.25, 0.3) is 71.0 Å². The van der Waals surface area contributed by atoms with Crippen LogP contribution in [0.1, 0.15) is 5.56 Å². The molecule has 0 aliphatic rings. The summed E-state index contributed by atoms with van der Waals surface area (Å²) in [6, 6.07) is 47.7. The third-order valence-electron chi connectivity index (χ3n) is 8.19. The predicted octanol–water partition coefficient (Wildman–Crippen LogP) is 9.97. The number of nitrogens with zero attached hydrogens (tertiary/aromatic N) is 4. The zero-order chi connectivity index (χ0) is 28.2. The minimum atomic E-state index is 0.510. The van der Waals surface area contributed by atoms with E-state index in [0.29, 0.717) is 11.3 Å². The first-order valence-electron chi connectivity index (χ1n) is 13.8. The molecule has 4 nitrogen and oxygen atoms in total. The van der Waals surface area contributed by atoms with Gasteiger partial charge in [0.15, 0.2) is 5.69 Å². The molecule has 0 fully saturated rings. The van der Waals surface area contributed by atoms with Crippen LogP contribution >= 0.6 is 0 Å². The molecule has 6 aromatic carbocycles. The van der Waals surface area contributed by atoms with Crippen molar-refractivity contribution in [3.8, 4) is 28.6 Å². The number of aromatic nitrogens is 2. The number of benzene rings is 6. The Morgan fingerprint density at radius 2 is 0.905 bits per heavy atom. The Hall–Kier alpha value is -6.10. The molecule has 0 saturated carbocycles. The fraction of sp³-hybridized carbons (Fsp3) is 0. The van der Waals surface area contributed by atoms with Crippen LogP contribution in [-0.2, 0) is 0 Å². The third kappa shape index (κ3) is 3.40. The Labute approximate surface area is 242 Å². The minimum Gasteiger partial charge on any atom is -0.311 e. The van der Waals surface area contributed by atoms with Gasteiger partial charge in [0.05, 0.1) is 40.3 Å². The van der Waals surface area contributed by atoms with Crippen LogP contribution in [-0.4, -0.2) is 9.13 Å². The normalized spacial score (nSPS) is 11.3. The van der Waals surface area contributed by atoms with Crippen molar-refractivity contribution in [1.29, 1.82) is 5.26 Å². The second-order valence-corrected chi connectivity index (χ2v) is 10.4. The van der Waals surface area contributed by atoms with E-state index in [1.807, 2.05) is 60.7 Å². The molecule has 0 N–H and O–H groups in total. The molecule has 0 amide bonds. The lowest BCUT2D eigenvalue weighted by Crippen LogP contribution is -1.97. The van der Waals surface area contributed by atoms with E-state index in [1.54, 1.807) is 0 Å². The van der Waals surface area contributed by atoms with Gasteiger partial charge in [-0.1, -0.05) is 84.9 Å². The van der Waals surface area contributed by atoms with Crippen molar-refractivity contribution < 1.29 is 0 Å². The number of rotatable bonds is 3. The molecule has 194 valence electrons. The Bertz CT molecular complexity index is 2160. The first-order chi connectivity index (χ1) is 20.8. The van der Waals surface area contributed by atoms with Crippen LogP contribution in [0.5, 0.6) is 0 Å². The maximum Gasteiger partial charge on any atom is 0.197 e. The Balaban J connectivity index is 1.30. The lowest BCUT2D eigenvalue weighted by Gasteiger charge is -2.14. The average Bonchev–Trinajstić information content (AvgIpc) is 3.57. The monoisotopic (exact) mass is 534 g/mol. The molecule has 0 saturated heterocycles. The van der Waals surface area contributed by atoms with Crippen molar-refractivity contribution in [1.82, 2.24) is 9.13 Å². The van der Waals surface area contributed by atoms with Gasteiger partial charge in [0.1, 0.15) is 0 Å². The molecule has 0 aliphatic carbocycles. The topological polar surface area (TPSA) is 38.0 Å². The molecule has 2 aromatic heterocycles. The largest absolute Gasteiger partial charge is 0.311 e. The second kappa shape index (κ2) is 9.24. The molecule has 0 radical (unpaired) electrons. The fourth-order valence-electron chi connectivity index (χ4n) is 6.38. The van der Waals surface area contributed by atoms with E-state index >= 15 is 0 Å². The molecule has 0 atom stereocenters. The van der Waals surface area contributed by atoms with Gasteiger partial charge in [0.2, 0.25) is 0 Å². The van der Waals surface area contributed by atoms with Crippen molar-refractivity contribution in [2.45, 2.75) is 0 Å². The first kappa shape index (κ1) is 23.8. The van der Waals surface area contributed by atoms with Gasteiger partial charge in [0.25, 0.3) is 0 Å². The van der Waals surface area contributed by atoms with E-state index < -0.39 is 0 Å². The smallest absolute Gasteiger partial charge is 0.197 e. The summed E-state index contributed by atoms with van der Waals surface area (Å²) in [7, 11) is 0. The third-order valence-corrected chi connectivity index (χ3v) is 8.19. The van der Waals surface area contributed by atoms with Crippen LogP contribution < -0.4 is 0 Å². The van der Waals surface area contributed by atoms with E-state index in [9.17, 15) is 5.26 Å². The minimum absolute atomic E-state index is 0.510. The van der Waals surface area contributed by atoms with E-state index in [-0.39, 0.29) is 0 Å². The lowest BCUT2D eigenvalue weighted by atomic mass is 9.97. The van der Waals surface area contributed by atoms with Gasteiger partial charge in [-0.05, 0) is 59.7 Å². The van der Waals surface area contributed by atoms with Gasteiger partial charge >= 0.3 is 0 Å². The van der Waals surface area contributed by atoms with Crippen molar-refractivity contribution >= 4 is 49.3 Å². The maximum atomic E-state index is 10.3. The van der Waals surface area contributed by atoms with Gasteiger partial charge < -0.3 is 9.13 Å². The standard InChI is InChI=1S/C38H22N4/c1-40-34-23-27(42-37-16-8-4-12-32(37)33-13-5-9-17-38(33)42)19-21-29(34)28-20-18-26(22-25(28)24-39)41-35-14-6-2-10-30(35)31-11-3-7-15-36(31)41/h2-23H. The Kier molecular flexibility index (Phi) is 5.22. The van der Waals surface area contributed by atoms with E-state index in [0.717, 1.165) is 44.6 Å². The SMILES string of the molecule is [C-]#[N+]c1cc(-n2c3ccccc3c3ccccc32)ccc1-c1ccc(-n2c3ccccc3c3ccccc32)cc1C#N. The fourth-order valence-corrected chi connectivity index (χ4v) is 6.38. The van der Waals surface area contributed by atoms with Gasteiger partial charge in [-0.3, -0.25) is 0 Å². The van der Waals surface area contributed by atoms with Crippen LogP contribution in [0.2, 0.25) is 0 Å². The predicted molar refractivity (Wildman–Crippen MR) is 172 cm³/mol. The summed E-state index contributed by atoms with van der Waals surface area (Å²) in [5.41, 5.74) is 8.74. The molecular weight excluding hydrogens is 512 g/mol. The highest BCUT2D eigenvalue weighted by Crippen LogP contribution is 2.39. The number of para-hydroxylation sites is 4. The molecule has 0 unspecified atom stereocenters. The summed E-state index contributed by atoms with van der Waals surface area (Å²) < 4.78 is 4.41.